The molecule has 0 spiro atoms. The highest BCUT2D eigenvalue weighted by molar-refractivity contribution is 7.85. The van der Waals surface area contributed by atoms with Crippen LogP contribution in [0.25, 0.3) is 11.0 Å². The van der Waals surface area contributed by atoms with Crippen molar-refractivity contribution >= 4 is 27.5 Å². The number of rotatable bonds is 3. The summed E-state index contributed by atoms with van der Waals surface area (Å²) in [6.45, 7) is 2.83. The summed E-state index contributed by atoms with van der Waals surface area (Å²) in [6, 6.07) is 5.72. The molecule has 3 N–H and O–H groups in total. The molecule has 1 saturated heterocycles. The van der Waals surface area contributed by atoms with Gasteiger partial charge in [-0.25, -0.2) is 4.98 Å². The predicted octanol–water partition coefficient (Wildman–Crippen LogP) is 0.752. The second-order valence-corrected chi connectivity index (χ2v) is 6.60. The molecule has 5 nitrogen and oxygen atoms in total. The van der Waals surface area contributed by atoms with E-state index in [-0.39, 0.29) is 0 Å². The minimum Gasteiger partial charge on any atom is -0.399 e. The average molecular weight is 278 g/mol. The van der Waals surface area contributed by atoms with Gasteiger partial charge in [0.25, 0.3) is 0 Å². The third kappa shape index (κ3) is 2.96. The van der Waals surface area contributed by atoms with E-state index in [4.69, 9.17) is 5.73 Å². The molecule has 1 aliphatic heterocycles. The second kappa shape index (κ2) is 5.30. The highest BCUT2D eigenvalue weighted by atomic mass is 32.2. The molecule has 0 amide bonds. The van der Waals surface area contributed by atoms with Gasteiger partial charge in [-0.2, -0.15) is 0 Å². The van der Waals surface area contributed by atoms with Crippen LogP contribution in [0, 0.1) is 0 Å². The third-order valence-electron chi connectivity index (χ3n) is 3.49. The number of hydrogen-bond acceptors (Lipinski definition) is 4. The van der Waals surface area contributed by atoms with Gasteiger partial charge in [-0.15, -0.1) is 0 Å². The van der Waals surface area contributed by atoms with Crippen molar-refractivity contribution in [3.05, 3.63) is 24.0 Å². The van der Waals surface area contributed by atoms with Crippen molar-refractivity contribution in [3.8, 4) is 0 Å². The second-order valence-electron chi connectivity index (χ2n) is 4.90. The summed E-state index contributed by atoms with van der Waals surface area (Å²) < 4.78 is 11.3. The lowest BCUT2D eigenvalue weighted by atomic mass is 10.3. The zero-order chi connectivity index (χ0) is 13.2. The Labute approximate surface area is 114 Å². The highest BCUT2D eigenvalue weighted by Crippen LogP contribution is 2.15. The van der Waals surface area contributed by atoms with Crippen molar-refractivity contribution < 1.29 is 4.21 Å². The number of nitrogens with zero attached hydrogens (tertiary/aromatic N) is 2. The number of aromatic amines is 1. The molecule has 1 aromatic carbocycles. The number of hydrogen-bond donors (Lipinski definition) is 2. The molecule has 0 aliphatic carbocycles. The van der Waals surface area contributed by atoms with E-state index in [1.165, 1.54) is 0 Å². The summed E-state index contributed by atoms with van der Waals surface area (Å²) in [4.78, 5) is 10.2. The van der Waals surface area contributed by atoms with Crippen LogP contribution in [-0.2, 0) is 17.2 Å². The van der Waals surface area contributed by atoms with E-state index in [0.29, 0.717) is 0 Å². The topological polar surface area (TPSA) is 75.0 Å². The Morgan fingerprint density at radius 1 is 1.37 bits per heavy atom. The molecule has 0 atom stereocenters. The van der Waals surface area contributed by atoms with Crippen LogP contribution in [0.2, 0.25) is 0 Å². The molecule has 2 heterocycles. The first-order valence-electron chi connectivity index (χ1n) is 6.52. The Morgan fingerprint density at radius 3 is 2.95 bits per heavy atom. The number of fused-ring (bicyclic) bond motifs is 1. The Hall–Kier alpha value is -1.40. The smallest absolute Gasteiger partial charge is 0.108 e. The van der Waals surface area contributed by atoms with Crippen LogP contribution in [0.3, 0.4) is 0 Å². The molecule has 3 rings (SSSR count). The van der Waals surface area contributed by atoms with Crippen molar-refractivity contribution in [2.75, 3.05) is 36.9 Å². The standard InChI is InChI=1S/C13H18N4OS/c14-10-1-2-11-12(9-10)16-13(15-11)3-4-17-5-7-19(18)8-6-17/h1-2,9H,3-8,14H2,(H,15,16). The molecule has 2 aromatic rings. The van der Waals surface area contributed by atoms with E-state index in [2.05, 4.69) is 14.9 Å². The zero-order valence-electron chi connectivity index (χ0n) is 10.8. The molecule has 0 bridgehead atoms. The van der Waals surface area contributed by atoms with Crippen LogP contribution >= 0.6 is 0 Å². The fourth-order valence-corrected chi connectivity index (χ4v) is 3.49. The quantitative estimate of drug-likeness (QED) is 0.813. The first-order valence-corrected chi connectivity index (χ1v) is 8.01. The van der Waals surface area contributed by atoms with Gasteiger partial charge in [-0.1, -0.05) is 0 Å². The molecule has 0 radical (unpaired) electrons. The fraction of sp³-hybridized carbons (Fsp3) is 0.462. The fourth-order valence-electron chi connectivity index (χ4n) is 2.36. The number of benzene rings is 1. The molecule has 102 valence electrons. The first kappa shape index (κ1) is 12.6. The molecule has 0 unspecified atom stereocenters. The zero-order valence-corrected chi connectivity index (χ0v) is 11.6. The van der Waals surface area contributed by atoms with Crippen LogP contribution in [-0.4, -0.2) is 50.2 Å². The molecular formula is C13H18N4OS. The lowest BCUT2D eigenvalue weighted by molar-refractivity contribution is 0.301. The van der Waals surface area contributed by atoms with E-state index in [9.17, 15) is 4.21 Å². The summed E-state index contributed by atoms with van der Waals surface area (Å²) in [5.74, 6) is 2.60. The maximum absolute atomic E-state index is 11.3. The van der Waals surface area contributed by atoms with Gasteiger partial charge in [0.1, 0.15) is 5.82 Å². The van der Waals surface area contributed by atoms with Crippen LogP contribution in [0.5, 0.6) is 0 Å². The van der Waals surface area contributed by atoms with E-state index in [1.54, 1.807) is 0 Å². The molecule has 1 aliphatic rings. The summed E-state index contributed by atoms with van der Waals surface area (Å²) in [7, 11) is -0.603. The normalized spacial score (nSPS) is 18.1. The number of nitrogens with one attached hydrogen (secondary N) is 1. The summed E-state index contributed by atoms with van der Waals surface area (Å²) in [5.41, 5.74) is 8.46. The number of anilines is 1. The van der Waals surface area contributed by atoms with Crippen molar-refractivity contribution in [2.45, 2.75) is 6.42 Å². The van der Waals surface area contributed by atoms with Crippen molar-refractivity contribution in [2.24, 2.45) is 0 Å². The monoisotopic (exact) mass is 278 g/mol. The van der Waals surface area contributed by atoms with Crippen LogP contribution in [0.15, 0.2) is 18.2 Å². The van der Waals surface area contributed by atoms with Gasteiger partial charge in [-0.05, 0) is 18.2 Å². The Kier molecular flexibility index (Phi) is 3.52. The van der Waals surface area contributed by atoms with E-state index >= 15 is 0 Å². The van der Waals surface area contributed by atoms with E-state index < -0.39 is 10.8 Å². The van der Waals surface area contributed by atoms with E-state index in [0.717, 1.165) is 60.1 Å². The minimum atomic E-state index is -0.603. The van der Waals surface area contributed by atoms with Gasteiger partial charge in [-0.3, -0.25) is 4.21 Å². The average Bonchev–Trinajstić information content (AvgIpc) is 2.80. The van der Waals surface area contributed by atoms with Gasteiger partial charge < -0.3 is 15.6 Å². The van der Waals surface area contributed by atoms with Gasteiger partial charge in [0.05, 0.1) is 11.0 Å². The maximum atomic E-state index is 11.3. The van der Waals surface area contributed by atoms with Crippen LogP contribution in [0.4, 0.5) is 5.69 Å². The number of imidazole rings is 1. The minimum absolute atomic E-state index is 0.603. The Balaban J connectivity index is 1.63. The van der Waals surface area contributed by atoms with Gasteiger partial charge in [0.15, 0.2) is 0 Å². The van der Waals surface area contributed by atoms with Crippen LogP contribution < -0.4 is 5.73 Å². The molecule has 0 saturated carbocycles. The number of nitrogen functional groups attached to an aromatic ring is 1. The maximum Gasteiger partial charge on any atom is 0.108 e. The molecular weight excluding hydrogens is 260 g/mol. The van der Waals surface area contributed by atoms with E-state index in [1.807, 2.05) is 18.2 Å². The Morgan fingerprint density at radius 2 is 2.16 bits per heavy atom. The summed E-state index contributed by atoms with van der Waals surface area (Å²) >= 11 is 0. The lowest BCUT2D eigenvalue weighted by Crippen LogP contribution is -2.38. The van der Waals surface area contributed by atoms with Crippen LogP contribution in [0.1, 0.15) is 5.82 Å². The number of aromatic nitrogens is 2. The summed E-state index contributed by atoms with van der Waals surface area (Å²) in [5, 5.41) is 0. The molecule has 1 fully saturated rings. The van der Waals surface area contributed by atoms with Crippen molar-refractivity contribution in [1.82, 2.24) is 14.9 Å². The lowest BCUT2D eigenvalue weighted by Gasteiger charge is -2.25. The third-order valence-corrected chi connectivity index (χ3v) is 4.77. The van der Waals surface area contributed by atoms with Crippen molar-refractivity contribution in [1.29, 1.82) is 0 Å². The molecule has 19 heavy (non-hydrogen) atoms. The number of H-pyrrole nitrogens is 1. The Bertz CT molecular complexity index is 600. The molecule has 1 aromatic heterocycles. The SMILES string of the molecule is Nc1ccc2nc(CCN3CCS(=O)CC3)[nH]c2c1. The largest absolute Gasteiger partial charge is 0.399 e. The predicted molar refractivity (Wildman–Crippen MR) is 78.5 cm³/mol. The van der Waals surface area contributed by atoms with Crippen molar-refractivity contribution in [3.63, 3.8) is 0 Å². The van der Waals surface area contributed by atoms with Gasteiger partial charge >= 0.3 is 0 Å². The summed E-state index contributed by atoms with van der Waals surface area (Å²) in [6.07, 6.45) is 0.890. The highest BCUT2D eigenvalue weighted by Gasteiger charge is 2.15. The van der Waals surface area contributed by atoms with Gasteiger partial charge in [0, 0.05) is 54.0 Å². The first-order chi connectivity index (χ1) is 9.20. The van der Waals surface area contributed by atoms with Gasteiger partial charge in [0.2, 0.25) is 0 Å². The molecule has 6 heteroatoms. The number of nitrogens with two attached hydrogens (primary N) is 1.